The van der Waals surface area contributed by atoms with Crippen molar-refractivity contribution in [2.45, 2.75) is 71.3 Å². The fourth-order valence-electron chi connectivity index (χ4n) is 4.47. The number of phenols is 1. The number of hydrogen-bond donors (Lipinski definition) is 5. The van der Waals surface area contributed by atoms with Crippen molar-refractivity contribution in [1.29, 1.82) is 0 Å². The van der Waals surface area contributed by atoms with Crippen molar-refractivity contribution >= 4 is 45.1 Å². The number of nitrogens with one attached hydrogen (secondary N) is 4. The average Bonchev–Trinajstić information content (AvgIpc) is 3.36. The summed E-state index contributed by atoms with van der Waals surface area (Å²) in [6.45, 7) is 11.8. The standard InChI is InChI=1S/C32H42N4O5S/c1-31(2,3)21-14-19(15-22(28(21)39)32(4,5)6)12-13-26(37)36-23(29(40)35-18-27(38)33-7)17-34-30(41)25-16-20-10-8-9-11-24(20)42-25/h8-11,14-16,23,39H,12-13,17-18H2,1-7H3,(H,33,38)(H,34,41)(H,35,40)(H,36,37)/t23-/m1/s1. The van der Waals surface area contributed by atoms with Gasteiger partial charge in [0.2, 0.25) is 17.7 Å². The van der Waals surface area contributed by atoms with E-state index in [4.69, 9.17) is 0 Å². The van der Waals surface area contributed by atoms with Crippen LogP contribution >= 0.6 is 11.3 Å². The van der Waals surface area contributed by atoms with Crippen LogP contribution in [0.1, 0.15) is 74.3 Å². The van der Waals surface area contributed by atoms with Gasteiger partial charge in [-0.1, -0.05) is 71.9 Å². The SMILES string of the molecule is CNC(=O)CNC(=O)[C@@H](CNC(=O)c1cc2ccccc2s1)NC(=O)CCc1cc(C(C)(C)C)c(O)c(C(C)(C)C)c1. The molecule has 0 aliphatic rings. The van der Waals surface area contributed by atoms with Crippen molar-refractivity contribution in [3.63, 3.8) is 0 Å². The van der Waals surface area contributed by atoms with Crippen LogP contribution in [0.3, 0.4) is 0 Å². The number of rotatable bonds is 10. The largest absolute Gasteiger partial charge is 0.507 e. The Morgan fingerprint density at radius 3 is 2.07 bits per heavy atom. The minimum absolute atomic E-state index is 0.0847. The molecule has 1 atom stereocenters. The molecule has 0 aliphatic carbocycles. The van der Waals surface area contributed by atoms with Gasteiger partial charge in [-0.2, -0.15) is 0 Å². The first kappa shape index (κ1) is 32.6. The summed E-state index contributed by atoms with van der Waals surface area (Å²) in [6.07, 6.45) is 0.473. The predicted molar refractivity (Wildman–Crippen MR) is 167 cm³/mol. The third-order valence-corrected chi connectivity index (χ3v) is 8.01. The van der Waals surface area contributed by atoms with E-state index < -0.39 is 11.9 Å². The van der Waals surface area contributed by atoms with Gasteiger partial charge >= 0.3 is 0 Å². The molecule has 3 rings (SSSR count). The highest BCUT2D eigenvalue weighted by Gasteiger charge is 2.27. The highest BCUT2D eigenvalue weighted by Crippen LogP contribution is 2.40. The minimum atomic E-state index is -1.09. The molecule has 0 saturated heterocycles. The zero-order valence-corrected chi connectivity index (χ0v) is 26.3. The summed E-state index contributed by atoms with van der Waals surface area (Å²) in [5.74, 6) is -1.44. The van der Waals surface area contributed by atoms with Crippen LogP contribution in [0.4, 0.5) is 0 Å². The molecule has 0 radical (unpaired) electrons. The Bertz CT molecular complexity index is 1400. The van der Waals surface area contributed by atoms with Gasteiger partial charge in [0.15, 0.2) is 0 Å². The number of aryl methyl sites for hydroxylation is 1. The van der Waals surface area contributed by atoms with Crippen LogP contribution in [0.15, 0.2) is 42.5 Å². The maximum absolute atomic E-state index is 13.1. The molecule has 2 aromatic carbocycles. The van der Waals surface area contributed by atoms with Crippen molar-refractivity contribution < 1.29 is 24.3 Å². The second-order valence-corrected chi connectivity index (χ2v) is 13.5. The summed E-state index contributed by atoms with van der Waals surface area (Å²) in [5.41, 5.74) is 1.91. The molecule has 0 aliphatic heterocycles. The third-order valence-electron chi connectivity index (χ3n) is 6.90. The monoisotopic (exact) mass is 594 g/mol. The average molecular weight is 595 g/mol. The van der Waals surface area contributed by atoms with Crippen molar-refractivity contribution in [2.24, 2.45) is 0 Å². The lowest BCUT2D eigenvalue weighted by atomic mass is 9.78. The fourth-order valence-corrected chi connectivity index (χ4v) is 5.45. The third kappa shape index (κ3) is 8.55. The topological polar surface area (TPSA) is 137 Å². The molecule has 0 bridgehead atoms. The maximum Gasteiger partial charge on any atom is 0.261 e. The van der Waals surface area contributed by atoms with E-state index in [2.05, 4.69) is 21.3 Å². The van der Waals surface area contributed by atoms with Gasteiger partial charge in [-0.05, 0) is 51.5 Å². The summed E-state index contributed by atoms with van der Waals surface area (Å²) in [6, 6.07) is 12.2. The highest BCUT2D eigenvalue weighted by molar-refractivity contribution is 7.20. The Kier molecular flexibility index (Phi) is 10.4. The smallest absolute Gasteiger partial charge is 0.261 e. The zero-order chi connectivity index (χ0) is 31.2. The fraction of sp³-hybridized carbons (Fsp3) is 0.438. The van der Waals surface area contributed by atoms with Gasteiger partial charge in [-0.15, -0.1) is 11.3 Å². The second-order valence-electron chi connectivity index (χ2n) is 12.4. The molecule has 42 heavy (non-hydrogen) atoms. The van der Waals surface area contributed by atoms with Gasteiger partial charge in [-0.3, -0.25) is 19.2 Å². The Morgan fingerprint density at radius 2 is 1.50 bits per heavy atom. The van der Waals surface area contributed by atoms with E-state index >= 15 is 0 Å². The van der Waals surface area contributed by atoms with Crippen molar-refractivity contribution in [2.75, 3.05) is 20.1 Å². The van der Waals surface area contributed by atoms with Gasteiger partial charge in [0.1, 0.15) is 11.8 Å². The first-order valence-corrected chi connectivity index (χ1v) is 14.8. The number of likely N-dealkylation sites (N-methyl/N-ethyl adjacent to an activating group) is 1. The lowest BCUT2D eigenvalue weighted by Crippen LogP contribution is -2.53. The van der Waals surface area contributed by atoms with Gasteiger partial charge in [0.25, 0.3) is 5.91 Å². The predicted octanol–water partition coefficient (Wildman–Crippen LogP) is 3.91. The Morgan fingerprint density at radius 1 is 0.881 bits per heavy atom. The molecule has 0 spiro atoms. The van der Waals surface area contributed by atoms with E-state index in [0.29, 0.717) is 11.3 Å². The van der Waals surface area contributed by atoms with Crippen molar-refractivity contribution in [3.05, 3.63) is 64.0 Å². The lowest BCUT2D eigenvalue weighted by molar-refractivity contribution is -0.130. The highest BCUT2D eigenvalue weighted by atomic mass is 32.1. The van der Waals surface area contributed by atoms with Crippen molar-refractivity contribution in [3.8, 4) is 5.75 Å². The number of amides is 4. The molecule has 3 aromatic rings. The molecular weight excluding hydrogens is 552 g/mol. The Labute approximate surface area is 251 Å². The number of carbonyl (C=O) groups is 4. The van der Waals surface area contributed by atoms with Crippen LogP contribution in [-0.4, -0.2) is 54.9 Å². The number of hydrogen-bond acceptors (Lipinski definition) is 6. The first-order chi connectivity index (χ1) is 19.6. The number of aromatic hydroxyl groups is 1. The van der Waals surface area contributed by atoms with E-state index in [1.165, 1.54) is 18.4 Å². The molecule has 0 saturated carbocycles. The number of carbonyl (C=O) groups excluding carboxylic acids is 4. The van der Waals surface area contributed by atoms with Gasteiger partial charge in [0.05, 0.1) is 11.4 Å². The number of phenolic OH excluding ortho intramolecular Hbond substituents is 1. The molecule has 4 amide bonds. The van der Waals surface area contributed by atoms with E-state index in [1.807, 2.05) is 77.9 Å². The van der Waals surface area contributed by atoms with Crippen LogP contribution < -0.4 is 21.3 Å². The normalized spacial score (nSPS) is 12.5. The molecule has 0 fully saturated rings. The van der Waals surface area contributed by atoms with E-state index in [1.54, 1.807) is 6.07 Å². The zero-order valence-electron chi connectivity index (χ0n) is 25.4. The summed E-state index contributed by atoms with van der Waals surface area (Å²) < 4.78 is 0.967. The molecule has 5 N–H and O–H groups in total. The summed E-state index contributed by atoms with van der Waals surface area (Å²) >= 11 is 1.34. The van der Waals surface area contributed by atoms with Crippen molar-refractivity contribution in [1.82, 2.24) is 21.3 Å². The van der Waals surface area contributed by atoms with E-state index in [0.717, 1.165) is 26.8 Å². The summed E-state index contributed by atoms with van der Waals surface area (Å²) in [5, 5.41) is 22.3. The lowest BCUT2D eigenvalue weighted by Gasteiger charge is -2.28. The summed E-state index contributed by atoms with van der Waals surface area (Å²) in [7, 11) is 1.46. The Balaban J connectivity index is 1.73. The molecule has 1 heterocycles. The number of thiophene rings is 1. The van der Waals surface area contributed by atoms with Crippen LogP contribution in [0.5, 0.6) is 5.75 Å². The van der Waals surface area contributed by atoms with Gasteiger partial charge in [0, 0.05) is 24.7 Å². The van der Waals surface area contributed by atoms with Crippen LogP contribution in [-0.2, 0) is 31.6 Å². The van der Waals surface area contributed by atoms with E-state index in [9.17, 15) is 24.3 Å². The molecule has 9 nitrogen and oxygen atoms in total. The molecule has 1 aromatic heterocycles. The van der Waals surface area contributed by atoms with Crippen LogP contribution in [0.25, 0.3) is 10.1 Å². The van der Waals surface area contributed by atoms with Crippen LogP contribution in [0, 0.1) is 0 Å². The summed E-state index contributed by atoms with van der Waals surface area (Å²) in [4.78, 5) is 51.0. The Hall–Kier alpha value is -3.92. The molecule has 226 valence electrons. The van der Waals surface area contributed by atoms with Gasteiger partial charge in [-0.25, -0.2) is 0 Å². The number of benzene rings is 2. The van der Waals surface area contributed by atoms with E-state index in [-0.39, 0.29) is 53.8 Å². The van der Waals surface area contributed by atoms with Gasteiger partial charge < -0.3 is 26.4 Å². The number of fused-ring (bicyclic) bond motifs is 1. The quantitative estimate of drug-likeness (QED) is 0.243. The van der Waals surface area contributed by atoms with Crippen LogP contribution in [0.2, 0.25) is 0 Å². The maximum atomic E-state index is 13.1. The second kappa shape index (κ2) is 13.4. The molecular formula is C32H42N4O5S. The molecule has 0 unspecified atom stereocenters. The first-order valence-electron chi connectivity index (χ1n) is 14.0. The molecule has 10 heteroatoms. The minimum Gasteiger partial charge on any atom is -0.507 e.